The summed E-state index contributed by atoms with van der Waals surface area (Å²) in [6.45, 7) is 2.06. The van der Waals surface area contributed by atoms with Crippen LogP contribution in [0.4, 0.5) is 0 Å². The third-order valence-electron chi connectivity index (χ3n) is 4.11. The van der Waals surface area contributed by atoms with Crippen molar-refractivity contribution in [2.45, 2.75) is 32.2 Å². The molecule has 5 heteroatoms. The van der Waals surface area contributed by atoms with Crippen molar-refractivity contribution >= 4 is 22.8 Å². The van der Waals surface area contributed by atoms with Gasteiger partial charge in [-0.3, -0.25) is 9.59 Å². The van der Waals surface area contributed by atoms with Crippen molar-refractivity contribution in [2.75, 3.05) is 0 Å². The molecule has 1 amide bonds. The zero-order valence-electron chi connectivity index (χ0n) is 11.8. The minimum Gasteiger partial charge on any atom is -0.481 e. The summed E-state index contributed by atoms with van der Waals surface area (Å²) in [4.78, 5) is 23.0. The van der Waals surface area contributed by atoms with Gasteiger partial charge >= 0.3 is 5.97 Å². The van der Waals surface area contributed by atoms with E-state index in [1.165, 1.54) is 6.26 Å². The molecule has 2 N–H and O–H groups in total. The van der Waals surface area contributed by atoms with Crippen LogP contribution in [0.1, 0.15) is 35.7 Å². The molecule has 0 radical (unpaired) electrons. The quantitative estimate of drug-likeness (QED) is 0.905. The maximum atomic E-state index is 12.3. The van der Waals surface area contributed by atoms with E-state index in [1.807, 2.05) is 18.2 Å². The van der Waals surface area contributed by atoms with Crippen molar-refractivity contribution in [1.29, 1.82) is 0 Å². The summed E-state index contributed by atoms with van der Waals surface area (Å²) >= 11 is 0. The van der Waals surface area contributed by atoms with Crippen LogP contribution >= 0.6 is 0 Å². The van der Waals surface area contributed by atoms with Crippen LogP contribution in [0.25, 0.3) is 11.0 Å². The molecule has 3 rings (SSSR count). The number of nitrogens with one attached hydrogen (secondary N) is 1. The van der Waals surface area contributed by atoms with E-state index in [2.05, 4.69) is 12.2 Å². The number of carboxylic acid groups (broad SMARTS) is 1. The maximum absolute atomic E-state index is 12.3. The van der Waals surface area contributed by atoms with E-state index < -0.39 is 5.97 Å². The van der Waals surface area contributed by atoms with Crippen molar-refractivity contribution < 1.29 is 19.1 Å². The summed E-state index contributed by atoms with van der Waals surface area (Å²) in [6, 6.07) is 5.76. The van der Waals surface area contributed by atoms with Gasteiger partial charge in [-0.05, 0) is 37.0 Å². The number of benzene rings is 1. The minimum absolute atomic E-state index is 0.0575. The van der Waals surface area contributed by atoms with Crippen molar-refractivity contribution in [3.63, 3.8) is 0 Å². The summed E-state index contributed by atoms with van der Waals surface area (Å²) in [6.07, 6.45) is 3.35. The molecule has 0 spiro atoms. The molecule has 5 nitrogen and oxygen atoms in total. The number of carbonyl (C=O) groups excluding carboxylic acids is 1. The lowest BCUT2D eigenvalue weighted by Gasteiger charge is -2.32. The zero-order chi connectivity index (χ0) is 15.0. The van der Waals surface area contributed by atoms with Crippen LogP contribution < -0.4 is 5.32 Å². The fourth-order valence-corrected chi connectivity index (χ4v) is 2.67. The summed E-state index contributed by atoms with van der Waals surface area (Å²) in [5.74, 6) is -1.32. The Labute approximate surface area is 121 Å². The number of fused-ring (bicyclic) bond motifs is 1. The first-order valence-corrected chi connectivity index (χ1v) is 7.12. The number of furan rings is 1. The van der Waals surface area contributed by atoms with Crippen LogP contribution in [0.3, 0.4) is 0 Å². The summed E-state index contributed by atoms with van der Waals surface area (Å²) in [7, 11) is 0. The predicted octanol–water partition coefficient (Wildman–Crippen LogP) is 2.59. The minimum atomic E-state index is -0.790. The maximum Gasteiger partial charge on any atom is 0.306 e. The lowest BCUT2D eigenvalue weighted by molar-refractivity contribution is -0.145. The van der Waals surface area contributed by atoms with E-state index >= 15 is 0 Å². The van der Waals surface area contributed by atoms with Gasteiger partial charge in [0.2, 0.25) is 0 Å². The number of amides is 1. The second kappa shape index (κ2) is 5.24. The fraction of sp³-hybridized carbons (Fsp3) is 0.375. The third-order valence-corrected chi connectivity index (χ3v) is 4.11. The van der Waals surface area contributed by atoms with Crippen molar-refractivity contribution in [3.8, 4) is 0 Å². The van der Waals surface area contributed by atoms with Gasteiger partial charge in [0.1, 0.15) is 11.8 Å². The predicted molar refractivity (Wildman–Crippen MR) is 77.2 cm³/mol. The highest BCUT2D eigenvalue weighted by Gasteiger charge is 2.35. The lowest BCUT2D eigenvalue weighted by Crippen LogP contribution is -2.46. The molecule has 1 fully saturated rings. The van der Waals surface area contributed by atoms with Gasteiger partial charge in [-0.15, -0.1) is 0 Å². The summed E-state index contributed by atoms with van der Waals surface area (Å²) in [5.41, 5.74) is 2.35. The lowest BCUT2D eigenvalue weighted by atomic mass is 9.80. The number of carboxylic acids is 1. The first kappa shape index (κ1) is 13.7. The fourth-order valence-electron chi connectivity index (χ4n) is 2.67. The molecule has 0 atom stereocenters. The van der Waals surface area contributed by atoms with Crippen molar-refractivity contribution in [2.24, 2.45) is 5.92 Å². The van der Waals surface area contributed by atoms with E-state index in [0.29, 0.717) is 24.0 Å². The molecular weight excluding hydrogens is 270 g/mol. The van der Waals surface area contributed by atoms with Crippen LogP contribution in [-0.4, -0.2) is 23.0 Å². The number of hydrogen-bond donors (Lipinski definition) is 2. The van der Waals surface area contributed by atoms with Crippen LogP contribution in [0.15, 0.2) is 28.9 Å². The zero-order valence-corrected chi connectivity index (χ0v) is 11.8. The number of carbonyl (C=O) groups is 2. The van der Waals surface area contributed by atoms with Crippen molar-refractivity contribution in [3.05, 3.63) is 35.6 Å². The molecule has 21 heavy (non-hydrogen) atoms. The average Bonchev–Trinajstić information content (AvgIpc) is 2.84. The van der Waals surface area contributed by atoms with E-state index in [0.717, 1.165) is 17.4 Å². The van der Waals surface area contributed by atoms with Gasteiger partial charge in [0.25, 0.3) is 5.91 Å². The van der Waals surface area contributed by atoms with Gasteiger partial charge < -0.3 is 14.8 Å². The van der Waals surface area contributed by atoms with E-state index in [9.17, 15) is 9.59 Å². The van der Waals surface area contributed by atoms with E-state index in [4.69, 9.17) is 9.52 Å². The second-order valence-electron chi connectivity index (χ2n) is 5.51. The molecule has 0 aliphatic heterocycles. The molecule has 0 bridgehead atoms. The van der Waals surface area contributed by atoms with Gasteiger partial charge in [0.15, 0.2) is 0 Å². The summed E-state index contributed by atoms with van der Waals surface area (Å²) < 4.78 is 5.41. The first-order chi connectivity index (χ1) is 10.1. The Morgan fingerprint density at radius 2 is 2.14 bits per heavy atom. The number of hydrogen-bond acceptors (Lipinski definition) is 3. The van der Waals surface area contributed by atoms with Gasteiger partial charge in [-0.25, -0.2) is 0 Å². The molecule has 2 aromatic rings. The second-order valence-corrected chi connectivity index (χ2v) is 5.51. The smallest absolute Gasteiger partial charge is 0.306 e. The molecule has 1 aromatic heterocycles. The van der Waals surface area contributed by atoms with E-state index in [1.54, 1.807) is 0 Å². The first-order valence-electron chi connectivity index (χ1n) is 7.12. The van der Waals surface area contributed by atoms with Crippen LogP contribution in [-0.2, 0) is 11.2 Å². The Morgan fingerprint density at radius 1 is 1.38 bits per heavy atom. The standard InChI is InChI=1S/C16H17NO4/c1-2-9-3-4-14-12(5-9)13(8-21-14)15(18)17-11-6-10(7-11)16(19)20/h3-5,8,10-11H,2,6-7H2,1H3,(H,17,18)(H,19,20). The Balaban J connectivity index is 1.74. The van der Waals surface area contributed by atoms with Crippen LogP contribution in [0.5, 0.6) is 0 Å². The highest BCUT2D eigenvalue weighted by Crippen LogP contribution is 2.29. The molecule has 1 heterocycles. The van der Waals surface area contributed by atoms with Gasteiger partial charge in [-0.1, -0.05) is 13.0 Å². The van der Waals surface area contributed by atoms with E-state index in [-0.39, 0.29) is 17.9 Å². The largest absolute Gasteiger partial charge is 0.481 e. The monoisotopic (exact) mass is 287 g/mol. The van der Waals surface area contributed by atoms with Crippen molar-refractivity contribution in [1.82, 2.24) is 5.32 Å². The number of aryl methyl sites for hydroxylation is 1. The highest BCUT2D eigenvalue weighted by atomic mass is 16.4. The van der Waals surface area contributed by atoms with Crippen LogP contribution in [0.2, 0.25) is 0 Å². The number of rotatable bonds is 4. The molecule has 0 saturated heterocycles. The SMILES string of the molecule is CCc1ccc2occ(C(=O)NC3CC(C(=O)O)C3)c2c1. The van der Waals surface area contributed by atoms with Gasteiger partial charge in [0.05, 0.1) is 11.5 Å². The molecule has 1 saturated carbocycles. The Bertz CT molecular complexity index is 697. The molecule has 1 aromatic carbocycles. The molecule has 110 valence electrons. The molecule has 1 aliphatic carbocycles. The highest BCUT2D eigenvalue weighted by molar-refractivity contribution is 6.06. The Hall–Kier alpha value is -2.30. The molecular formula is C16H17NO4. The van der Waals surface area contributed by atoms with Gasteiger partial charge in [-0.2, -0.15) is 0 Å². The van der Waals surface area contributed by atoms with Crippen LogP contribution in [0, 0.1) is 5.92 Å². The number of aliphatic carboxylic acids is 1. The Kier molecular flexibility index (Phi) is 3.41. The normalized spacial score (nSPS) is 21.0. The average molecular weight is 287 g/mol. The van der Waals surface area contributed by atoms with Gasteiger partial charge in [0, 0.05) is 11.4 Å². The topological polar surface area (TPSA) is 79.5 Å². The third kappa shape index (κ3) is 2.51. The molecule has 1 aliphatic rings. The molecule has 0 unspecified atom stereocenters. The summed E-state index contributed by atoms with van der Waals surface area (Å²) in [5, 5.41) is 12.5. The Morgan fingerprint density at radius 3 is 2.81 bits per heavy atom.